The molecular weight excluding hydrogens is 356 g/mol. The summed E-state index contributed by atoms with van der Waals surface area (Å²) in [6.45, 7) is 0. The average Bonchev–Trinajstić information content (AvgIpc) is 3.11. The number of nitrogens with zero attached hydrogens (tertiary/aromatic N) is 2. The van der Waals surface area contributed by atoms with Crippen LogP contribution in [0.25, 0.3) is 11.4 Å². The third-order valence-corrected chi connectivity index (χ3v) is 4.24. The van der Waals surface area contributed by atoms with E-state index in [2.05, 4.69) is 15.2 Å². The summed E-state index contributed by atoms with van der Waals surface area (Å²) in [5.74, 6) is 3.08. The highest BCUT2D eigenvalue weighted by molar-refractivity contribution is 6.33. The molecule has 0 aliphatic rings. The summed E-state index contributed by atoms with van der Waals surface area (Å²) in [6.07, 6.45) is 0.554. The molecule has 3 rings (SSSR count). The van der Waals surface area contributed by atoms with Gasteiger partial charge in [0.05, 0.1) is 37.6 Å². The minimum atomic E-state index is 0.423. The van der Waals surface area contributed by atoms with Crippen LogP contribution in [0.3, 0.4) is 0 Å². The lowest BCUT2D eigenvalue weighted by atomic mass is 10.1. The number of aromatic amines is 1. The maximum Gasteiger partial charge on any atom is 0.184 e. The third-order valence-electron chi connectivity index (χ3n) is 3.91. The Morgan fingerprint density at radius 1 is 1.00 bits per heavy atom. The number of nitrogen functional groups attached to an aromatic ring is 1. The van der Waals surface area contributed by atoms with Gasteiger partial charge in [-0.1, -0.05) is 17.7 Å². The Morgan fingerprint density at radius 2 is 1.73 bits per heavy atom. The number of hydrogen-bond donors (Lipinski definition) is 2. The predicted octanol–water partition coefficient (Wildman–Crippen LogP) is 3.32. The van der Waals surface area contributed by atoms with E-state index in [0.29, 0.717) is 51.6 Å². The molecule has 2 aromatic carbocycles. The van der Waals surface area contributed by atoms with Crippen molar-refractivity contribution in [1.82, 2.24) is 15.2 Å². The molecule has 8 heteroatoms. The number of aromatic nitrogens is 3. The molecule has 0 aliphatic heterocycles. The summed E-state index contributed by atoms with van der Waals surface area (Å²) in [7, 11) is 4.76. The van der Waals surface area contributed by atoms with E-state index < -0.39 is 0 Å². The number of H-pyrrole nitrogens is 1. The van der Waals surface area contributed by atoms with Gasteiger partial charge in [0.25, 0.3) is 0 Å². The third kappa shape index (κ3) is 3.52. The van der Waals surface area contributed by atoms with Crippen molar-refractivity contribution in [3.8, 4) is 28.6 Å². The van der Waals surface area contributed by atoms with Gasteiger partial charge in [-0.2, -0.15) is 5.10 Å². The molecule has 0 atom stereocenters. The second kappa shape index (κ2) is 7.53. The van der Waals surface area contributed by atoms with E-state index in [1.165, 1.54) is 0 Å². The van der Waals surface area contributed by atoms with Crippen molar-refractivity contribution in [1.29, 1.82) is 0 Å². The van der Waals surface area contributed by atoms with Gasteiger partial charge in [0.1, 0.15) is 11.6 Å². The zero-order valence-electron chi connectivity index (χ0n) is 14.7. The van der Waals surface area contributed by atoms with Gasteiger partial charge in [0, 0.05) is 12.5 Å². The smallest absolute Gasteiger partial charge is 0.184 e. The van der Waals surface area contributed by atoms with Crippen LogP contribution in [-0.4, -0.2) is 36.5 Å². The Hall–Kier alpha value is -2.93. The molecular formula is C18H19ClN4O3. The lowest BCUT2D eigenvalue weighted by Gasteiger charge is -2.09. The van der Waals surface area contributed by atoms with E-state index in [0.717, 1.165) is 5.56 Å². The fourth-order valence-corrected chi connectivity index (χ4v) is 2.76. The first-order valence-electron chi connectivity index (χ1n) is 7.81. The summed E-state index contributed by atoms with van der Waals surface area (Å²) in [5, 5.41) is 7.63. The second-order valence-corrected chi connectivity index (χ2v) is 5.95. The van der Waals surface area contributed by atoms with Gasteiger partial charge in [-0.05, 0) is 23.8 Å². The summed E-state index contributed by atoms with van der Waals surface area (Å²) < 4.78 is 15.9. The largest absolute Gasteiger partial charge is 0.496 e. The van der Waals surface area contributed by atoms with Crippen LogP contribution in [0.2, 0.25) is 5.02 Å². The summed E-state index contributed by atoms with van der Waals surface area (Å²) >= 11 is 6.12. The monoisotopic (exact) mass is 374 g/mol. The van der Waals surface area contributed by atoms with Crippen LogP contribution in [0.5, 0.6) is 17.2 Å². The van der Waals surface area contributed by atoms with E-state index in [1.54, 1.807) is 33.5 Å². The lowest BCUT2D eigenvalue weighted by Crippen LogP contribution is -1.95. The molecule has 26 heavy (non-hydrogen) atoms. The van der Waals surface area contributed by atoms with Crippen molar-refractivity contribution >= 4 is 17.3 Å². The van der Waals surface area contributed by atoms with Gasteiger partial charge in [-0.15, -0.1) is 0 Å². The quantitative estimate of drug-likeness (QED) is 0.642. The van der Waals surface area contributed by atoms with Crippen molar-refractivity contribution in [2.24, 2.45) is 0 Å². The first kappa shape index (κ1) is 17.9. The van der Waals surface area contributed by atoms with Crippen LogP contribution in [0.15, 0.2) is 30.3 Å². The highest BCUT2D eigenvalue weighted by Crippen LogP contribution is 2.34. The van der Waals surface area contributed by atoms with Gasteiger partial charge in [-0.25, -0.2) is 4.98 Å². The fraction of sp³-hybridized carbons (Fsp3) is 0.222. The Kier molecular flexibility index (Phi) is 5.18. The molecule has 3 aromatic rings. The summed E-state index contributed by atoms with van der Waals surface area (Å²) in [6, 6.07) is 9.06. The fourth-order valence-electron chi connectivity index (χ4n) is 2.59. The molecule has 0 unspecified atom stereocenters. The normalized spacial score (nSPS) is 10.6. The first-order valence-corrected chi connectivity index (χ1v) is 8.19. The van der Waals surface area contributed by atoms with Gasteiger partial charge in [0.15, 0.2) is 17.3 Å². The number of ether oxygens (including phenoxy) is 3. The molecule has 0 fully saturated rings. The number of halogens is 1. The van der Waals surface area contributed by atoms with E-state index in [4.69, 9.17) is 31.5 Å². The number of benzene rings is 2. The van der Waals surface area contributed by atoms with Gasteiger partial charge < -0.3 is 19.9 Å². The molecule has 0 bridgehead atoms. The number of anilines is 1. The number of hydrogen-bond acceptors (Lipinski definition) is 6. The van der Waals surface area contributed by atoms with E-state index in [1.807, 2.05) is 18.2 Å². The second-order valence-electron chi connectivity index (χ2n) is 5.55. The van der Waals surface area contributed by atoms with Gasteiger partial charge >= 0.3 is 0 Å². The topological polar surface area (TPSA) is 95.3 Å². The number of rotatable bonds is 6. The maximum absolute atomic E-state index is 6.12. The molecule has 0 amide bonds. The Balaban J connectivity index is 1.88. The maximum atomic E-state index is 6.12. The van der Waals surface area contributed by atoms with E-state index in [9.17, 15) is 0 Å². The summed E-state index contributed by atoms with van der Waals surface area (Å²) in [4.78, 5) is 4.54. The zero-order chi connectivity index (χ0) is 18.7. The van der Waals surface area contributed by atoms with Gasteiger partial charge in [-0.3, -0.25) is 5.10 Å². The first-order chi connectivity index (χ1) is 12.5. The van der Waals surface area contributed by atoms with Crippen LogP contribution in [0.4, 0.5) is 5.69 Å². The molecule has 0 spiro atoms. The standard InChI is InChI=1S/C18H19ClN4O3/c1-24-14-5-4-10(6-16(14)26-3)7-17-21-18(23-22-17)11-8-12(19)13(20)9-15(11)25-2/h4-6,8-9H,7,20H2,1-3H3,(H,21,22,23). The van der Waals surface area contributed by atoms with Crippen molar-refractivity contribution < 1.29 is 14.2 Å². The molecule has 7 nitrogen and oxygen atoms in total. The van der Waals surface area contributed by atoms with Crippen LogP contribution in [-0.2, 0) is 6.42 Å². The Morgan fingerprint density at radius 3 is 2.42 bits per heavy atom. The minimum Gasteiger partial charge on any atom is -0.496 e. The Bertz CT molecular complexity index is 927. The van der Waals surface area contributed by atoms with Crippen LogP contribution < -0.4 is 19.9 Å². The highest BCUT2D eigenvalue weighted by Gasteiger charge is 2.15. The average molecular weight is 375 g/mol. The summed E-state index contributed by atoms with van der Waals surface area (Å²) in [5.41, 5.74) is 7.93. The number of nitrogens with one attached hydrogen (secondary N) is 1. The van der Waals surface area contributed by atoms with Crippen LogP contribution in [0.1, 0.15) is 11.4 Å². The molecule has 136 valence electrons. The predicted molar refractivity (Wildman–Crippen MR) is 100 cm³/mol. The van der Waals surface area contributed by atoms with Gasteiger partial charge in [0.2, 0.25) is 0 Å². The lowest BCUT2D eigenvalue weighted by molar-refractivity contribution is 0.354. The molecule has 0 saturated carbocycles. The molecule has 1 heterocycles. The zero-order valence-corrected chi connectivity index (χ0v) is 15.4. The molecule has 0 aliphatic carbocycles. The van der Waals surface area contributed by atoms with E-state index in [-0.39, 0.29) is 0 Å². The number of methoxy groups -OCH3 is 3. The number of nitrogens with two attached hydrogens (primary N) is 1. The molecule has 3 N–H and O–H groups in total. The van der Waals surface area contributed by atoms with Crippen LogP contribution >= 0.6 is 11.6 Å². The molecule has 0 saturated heterocycles. The van der Waals surface area contributed by atoms with Crippen molar-refractivity contribution in [3.63, 3.8) is 0 Å². The van der Waals surface area contributed by atoms with Crippen molar-refractivity contribution in [2.75, 3.05) is 27.1 Å². The van der Waals surface area contributed by atoms with Crippen LogP contribution in [0, 0.1) is 0 Å². The van der Waals surface area contributed by atoms with Crippen molar-refractivity contribution in [2.45, 2.75) is 6.42 Å². The van der Waals surface area contributed by atoms with E-state index >= 15 is 0 Å². The highest BCUT2D eigenvalue weighted by atomic mass is 35.5. The molecule has 0 radical (unpaired) electrons. The van der Waals surface area contributed by atoms with Crippen molar-refractivity contribution in [3.05, 3.63) is 46.7 Å². The molecule has 1 aromatic heterocycles. The Labute approximate surface area is 156 Å². The SMILES string of the molecule is COc1ccc(Cc2nc(-c3cc(Cl)c(N)cc3OC)n[nH]2)cc1OC. The minimum absolute atomic E-state index is 0.423.